The zero-order valence-corrected chi connectivity index (χ0v) is 11.4. The Morgan fingerprint density at radius 2 is 2.12 bits per heavy atom. The maximum Gasteiger partial charge on any atom is 0.128 e. The second-order valence-corrected chi connectivity index (χ2v) is 5.07. The predicted octanol–water partition coefficient (Wildman–Crippen LogP) is 1.80. The van der Waals surface area contributed by atoms with E-state index >= 15 is 0 Å². The average molecular weight is 295 g/mol. The van der Waals surface area contributed by atoms with E-state index < -0.39 is 0 Å². The van der Waals surface area contributed by atoms with Gasteiger partial charge in [0.05, 0.1) is 12.6 Å². The Balaban J connectivity index is 2.01. The van der Waals surface area contributed by atoms with Gasteiger partial charge in [-0.3, -0.25) is 4.90 Å². The molecular formula is C12H15BrN4. The Hall–Kier alpha value is -1.12. The van der Waals surface area contributed by atoms with Crippen LogP contribution in [-0.4, -0.2) is 42.6 Å². The van der Waals surface area contributed by atoms with Crippen LogP contribution in [0.25, 0.3) is 0 Å². The minimum atomic E-state index is 0.528. The van der Waals surface area contributed by atoms with Gasteiger partial charge in [0.25, 0.3) is 0 Å². The van der Waals surface area contributed by atoms with Gasteiger partial charge in [-0.05, 0) is 34.5 Å². The highest BCUT2D eigenvalue weighted by molar-refractivity contribution is 9.10. The molecule has 1 aliphatic heterocycles. The molecule has 2 rings (SSSR count). The standard InChI is InChI=1S/C12H15BrN4/c1-10-8-12(15-9-11(10)13)17-6-4-16(3-2-14)5-7-17/h8-9H,3-7H2,1H3. The van der Waals surface area contributed by atoms with Crippen molar-refractivity contribution < 1.29 is 0 Å². The molecule has 5 heteroatoms. The van der Waals surface area contributed by atoms with Gasteiger partial charge in [-0.2, -0.15) is 5.26 Å². The molecule has 0 radical (unpaired) electrons. The number of anilines is 1. The van der Waals surface area contributed by atoms with Gasteiger partial charge in [0.1, 0.15) is 5.82 Å². The SMILES string of the molecule is Cc1cc(N2CCN(CC#N)CC2)ncc1Br. The summed E-state index contributed by atoms with van der Waals surface area (Å²) in [5.74, 6) is 1.03. The van der Waals surface area contributed by atoms with Crippen LogP contribution in [0.1, 0.15) is 5.56 Å². The van der Waals surface area contributed by atoms with Crippen molar-refractivity contribution in [3.8, 4) is 6.07 Å². The van der Waals surface area contributed by atoms with Crippen LogP contribution in [0.5, 0.6) is 0 Å². The third-order valence-electron chi connectivity index (χ3n) is 3.02. The molecule has 1 saturated heterocycles. The molecule has 0 bridgehead atoms. The topological polar surface area (TPSA) is 43.2 Å². The first kappa shape index (κ1) is 12.3. The fourth-order valence-electron chi connectivity index (χ4n) is 1.93. The molecule has 0 N–H and O–H groups in total. The predicted molar refractivity (Wildman–Crippen MR) is 70.9 cm³/mol. The van der Waals surface area contributed by atoms with Crippen LogP contribution in [-0.2, 0) is 0 Å². The maximum absolute atomic E-state index is 8.65. The van der Waals surface area contributed by atoms with Crippen LogP contribution in [0.3, 0.4) is 0 Å². The number of hydrogen-bond donors (Lipinski definition) is 0. The van der Waals surface area contributed by atoms with E-state index in [9.17, 15) is 0 Å². The third kappa shape index (κ3) is 2.96. The fraction of sp³-hybridized carbons (Fsp3) is 0.500. The van der Waals surface area contributed by atoms with Crippen molar-refractivity contribution in [2.24, 2.45) is 0 Å². The van der Waals surface area contributed by atoms with Crippen molar-refractivity contribution in [3.05, 3.63) is 22.3 Å². The summed E-state index contributed by atoms with van der Waals surface area (Å²) in [6.45, 7) is 6.35. The summed E-state index contributed by atoms with van der Waals surface area (Å²) in [6.07, 6.45) is 1.85. The molecule has 0 aromatic carbocycles. The van der Waals surface area contributed by atoms with Crippen molar-refractivity contribution in [2.75, 3.05) is 37.6 Å². The molecule has 4 nitrogen and oxygen atoms in total. The van der Waals surface area contributed by atoms with Crippen LogP contribution in [0.4, 0.5) is 5.82 Å². The highest BCUT2D eigenvalue weighted by Crippen LogP contribution is 2.20. The van der Waals surface area contributed by atoms with Gasteiger partial charge in [0.15, 0.2) is 0 Å². The minimum Gasteiger partial charge on any atom is -0.354 e. The highest BCUT2D eigenvalue weighted by Gasteiger charge is 2.17. The summed E-state index contributed by atoms with van der Waals surface area (Å²) in [5.41, 5.74) is 1.20. The van der Waals surface area contributed by atoms with E-state index in [1.807, 2.05) is 6.20 Å². The van der Waals surface area contributed by atoms with Crippen molar-refractivity contribution in [1.29, 1.82) is 5.26 Å². The summed E-state index contributed by atoms with van der Waals surface area (Å²) >= 11 is 3.46. The lowest BCUT2D eigenvalue weighted by Gasteiger charge is -2.34. The van der Waals surface area contributed by atoms with Crippen LogP contribution in [0.2, 0.25) is 0 Å². The first-order chi connectivity index (χ1) is 8.20. The lowest BCUT2D eigenvalue weighted by atomic mass is 10.2. The van der Waals surface area contributed by atoms with Gasteiger partial charge in [0.2, 0.25) is 0 Å². The monoisotopic (exact) mass is 294 g/mol. The molecule has 0 unspecified atom stereocenters. The van der Waals surface area contributed by atoms with Gasteiger partial charge in [0, 0.05) is 36.8 Å². The van der Waals surface area contributed by atoms with Crippen molar-refractivity contribution >= 4 is 21.7 Å². The second-order valence-electron chi connectivity index (χ2n) is 4.21. The first-order valence-electron chi connectivity index (χ1n) is 5.67. The quantitative estimate of drug-likeness (QED) is 0.780. The molecule has 0 spiro atoms. The molecule has 1 aromatic heterocycles. The minimum absolute atomic E-state index is 0.528. The van der Waals surface area contributed by atoms with E-state index in [2.05, 4.69) is 49.8 Å². The molecule has 2 heterocycles. The highest BCUT2D eigenvalue weighted by atomic mass is 79.9. The van der Waals surface area contributed by atoms with E-state index in [-0.39, 0.29) is 0 Å². The van der Waals surface area contributed by atoms with E-state index in [1.54, 1.807) is 0 Å². The largest absolute Gasteiger partial charge is 0.354 e. The lowest BCUT2D eigenvalue weighted by molar-refractivity contribution is 0.286. The summed E-state index contributed by atoms with van der Waals surface area (Å²) < 4.78 is 1.05. The second kappa shape index (κ2) is 5.48. The van der Waals surface area contributed by atoms with Gasteiger partial charge in [-0.25, -0.2) is 4.98 Å². The normalized spacial score (nSPS) is 16.9. The fourth-order valence-corrected chi connectivity index (χ4v) is 2.15. The number of rotatable bonds is 2. The van der Waals surface area contributed by atoms with Crippen LogP contribution in [0.15, 0.2) is 16.7 Å². The van der Waals surface area contributed by atoms with Crippen LogP contribution >= 0.6 is 15.9 Å². The zero-order chi connectivity index (χ0) is 12.3. The molecule has 1 fully saturated rings. The van der Waals surface area contributed by atoms with E-state index in [1.165, 1.54) is 5.56 Å². The lowest BCUT2D eigenvalue weighted by Crippen LogP contribution is -2.46. The number of pyridine rings is 1. The Bertz CT molecular complexity index is 433. The van der Waals surface area contributed by atoms with E-state index in [4.69, 9.17) is 5.26 Å². The zero-order valence-electron chi connectivity index (χ0n) is 9.86. The van der Waals surface area contributed by atoms with Crippen molar-refractivity contribution in [3.63, 3.8) is 0 Å². The summed E-state index contributed by atoms with van der Waals surface area (Å²) in [7, 11) is 0. The van der Waals surface area contributed by atoms with Gasteiger partial charge < -0.3 is 4.90 Å². The number of aryl methyl sites for hydroxylation is 1. The van der Waals surface area contributed by atoms with Crippen LogP contribution < -0.4 is 4.90 Å². The van der Waals surface area contributed by atoms with E-state index in [0.29, 0.717) is 6.54 Å². The molecular weight excluding hydrogens is 280 g/mol. The molecule has 90 valence electrons. The molecule has 0 atom stereocenters. The van der Waals surface area contributed by atoms with E-state index in [0.717, 1.165) is 36.5 Å². The van der Waals surface area contributed by atoms with Gasteiger partial charge in [-0.1, -0.05) is 0 Å². The Morgan fingerprint density at radius 1 is 1.41 bits per heavy atom. The summed E-state index contributed by atoms with van der Waals surface area (Å²) in [4.78, 5) is 8.87. The first-order valence-corrected chi connectivity index (χ1v) is 6.46. The molecule has 1 aromatic rings. The Morgan fingerprint density at radius 3 is 2.71 bits per heavy atom. The molecule has 0 saturated carbocycles. The van der Waals surface area contributed by atoms with Gasteiger partial charge in [-0.15, -0.1) is 0 Å². The molecule has 1 aliphatic rings. The smallest absolute Gasteiger partial charge is 0.128 e. The summed E-state index contributed by atoms with van der Waals surface area (Å²) in [5, 5.41) is 8.65. The maximum atomic E-state index is 8.65. The van der Waals surface area contributed by atoms with Crippen molar-refractivity contribution in [1.82, 2.24) is 9.88 Å². The number of aromatic nitrogens is 1. The van der Waals surface area contributed by atoms with Gasteiger partial charge >= 0.3 is 0 Å². The number of halogens is 1. The Kier molecular flexibility index (Phi) is 3.97. The summed E-state index contributed by atoms with van der Waals surface area (Å²) in [6, 6.07) is 4.30. The number of piperazine rings is 1. The number of nitrogens with zero attached hydrogens (tertiary/aromatic N) is 4. The van der Waals surface area contributed by atoms with Crippen LogP contribution in [0, 0.1) is 18.3 Å². The number of hydrogen-bond acceptors (Lipinski definition) is 4. The molecule has 17 heavy (non-hydrogen) atoms. The average Bonchev–Trinajstić information content (AvgIpc) is 2.34. The number of nitriles is 1. The van der Waals surface area contributed by atoms with Crippen molar-refractivity contribution in [2.45, 2.75) is 6.92 Å². The molecule has 0 amide bonds. The third-order valence-corrected chi connectivity index (χ3v) is 3.85. The molecule has 0 aliphatic carbocycles. The Labute approximate surface area is 110 Å².